The van der Waals surface area contributed by atoms with E-state index in [1.165, 1.54) is 11.1 Å². The molecule has 0 amide bonds. The zero-order chi connectivity index (χ0) is 13.0. The highest BCUT2D eigenvalue weighted by Gasteiger charge is 2.12. The molecule has 94 valence electrons. The lowest BCUT2D eigenvalue weighted by Gasteiger charge is -2.24. The number of aryl methyl sites for hydroxylation is 2. The van der Waals surface area contributed by atoms with Crippen molar-refractivity contribution < 1.29 is 9.90 Å². The fourth-order valence-electron chi connectivity index (χ4n) is 1.97. The Morgan fingerprint density at radius 1 is 1.47 bits per heavy atom. The predicted octanol–water partition coefficient (Wildman–Crippen LogP) is 1.54. The fourth-order valence-corrected chi connectivity index (χ4v) is 1.97. The van der Waals surface area contributed by atoms with Gasteiger partial charge >= 0.3 is 5.97 Å². The molecule has 0 bridgehead atoms. The summed E-state index contributed by atoms with van der Waals surface area (Å²) in [6.07, 6.45) is -0.00471. The summed E-state index contributed by atoms with van der Waals surface area (Å²) in [7, 11) is 1.93. The SMILES string of the molecule is Cc1ccc(N(C)CC(N)CC(=O)O)c(C)c1. The molecule has 0 saturated heterocycles. The Labute approximate surface area is 102 Å². The van der Waals surface area contributed by atoms with E-state index in [1.807, 2.05) is 37.9 Å². The molecule has 17 heavy (non-hydrogen) atoms. The van der Waals surface area contributed by atoms with Crippen LogP contribution in [0.3, 0.4) is 0 Å². The third-order valence-corrected chi connectivity index (χ3v) is 2.71. The Bertz CT molecular complexity index is 404. The Morgan fingerprint density at radius 2 is 2.12 bits per heavy atom. The van der Waals surface area contributed by atoms with Gasteiger partial charge in [-0.05, 0) is 25.5 Å². The number of rotatable bonds is 5. The Kier molecular flexibility index (Phi) is 4.52. The lowest BCUT2D eigenvalue weighted by molar-refractivity contribution is -0.137. The molecule has 0 aliphatic carbocycles. The first-order valence-corrected chi connectivity index (χ1v) is 5.66. The summed E-state index contributed by atoms with van der Waals surface area (Å²) in [6.45, 7) is 4.63. The highest BCUT2D eigenvalue weighted by atomic mass is 16.4. The molecule has 4 nitrogen and oxygen atoms in total. The fraction of sp³-hybridized carbons (Fsp3) is 0.462. The summed E-state index contributed by atoms with van der Waals surface area (Å²) in [5, 5.41) is 8.66. The molecule has 1 aromatic carbocycles. The van der Waals surface area contributed by atoms with Crippen molar-refractivity contribution in [2.24, 2.45) is 5.73 Å². The summed E-state index contributed by atoms with van der Waals surface area (Å²) in [6, 6.07) is 5.84. The number of anilines is 1. The lowest BCUT2D eigenvalue weighted by Crippen LogP contribution is -2.37. The number of carboxylic acids is 1. The molecule has 0 spiro atoms. The first-order chi connectivity index (χ1) is 7.90. The van der Waals surface area contributed by atoms with Crippen LogP contribution in [-0.2, 0) is 4.79 Å². The molecule has 3 N–H and O–H groups in total. The number of hydrogen-bond acceptors (Lipinski definition) is 3. The molecule has 1 rings (SSSR count). The highest BCUT2D eigenvalue weighted by molar-refractivity contribution is 5.67. The van der Waals surface area contributed by atoms with Gasteiger partial charge in [-0.1, -0.05) is 17.7 Å². The minimum atomic E-state index is -0.855. The third kappa shape index (κ3) is 4.07. The van der Waals surface area contributed by atoms with E-state index in [4.69, 9.17) is 10.8 Å². The number of nitrogens with two attached hydrogens (primary N) is 1. The van der Waals surface area contributed by atoms with Crippen molar-refractivity contribution in [3.63, 3.8) is 0 Å². The zero-order valence-electron chi connectivity index (χ0n) is 10.6. The van der Waals surface area contributed by atoms with Crippen LogP contribution in [0.4, 0.5) is 5.69 Å². The molecule has 4 heteroatoms. The average Bonchev–Trinajstić information content (AvgIpc) is 2.15. The van der Waals surface area contributed by atoms with Crippen LogP contribution >= 0.6 is 0 Å². The van der Waals surface area contributed by atoms with Crippen molar-refractivity contribution in [1.82, 2.24) is 0 Å². The molecule has 1 atom stereocenters. The zero-order valence-corrected chi connectivity index (χ0v) is 10.6. The first-order valence-electron chi connectivity index (χ1n) is 5.66. The average molecular weight is 236 g/mol. The summed E-state index contributed by atoms with van der Waals surface area (Å²) < 4.78 is 0. The summed E-state index contributed by atoms with van der Waals surface area (Å²) in [4.78, 5) is 12.5. The molecular weight excluding hydrogens is 216 g/mol. The van der Waals surface area contributed by atoms with Crippen LogP contribution in [0.25, 0.3) is 0 Å². The lowest BCUT2D eigenvalue weighted by atomic mass is 10.1. The van der Waals surface area contributed by atoms with Crippen LogP contribution in [0.1, 0.15) is 17.5 Å². The number of benzene rings is 1. The maximum absolute atomic E-state index is 10.5. The van der Waals surface area contributed by atoms with E-state index >= 15 is 0 Å². The number of nitrogens with zero attached hydrogens (tertiary/aromatic N) is 1. The second-order valence-electron chi connectivity index (χ2n) is 4.53. The molecule has 0 fully saturated rings. The maximum Gasteiger partial charge on any atom is 0.304 e. The van der Waals surface area contributed by atoms with Gasteiger partial charge in [0.15, 0.2) is 0 Å². The van der Waals surface area contributed by atoms with Crippen molar-refractivity contribution >= 4 is 11.7 Å². The molecule has 0 heterocycles. The number of carbonyl (C=O) groups is 1. The first kappa shape index (κ1) is 13.5. The van der Waals surface area contributed by atoms with Gasteiger partial charge < -0.3 is 15.7 Å². The Hall–Kier alpha value is -1.55. The predicted molar refractivity (Wildman–Crippen MR) is 69.4 cm³/mol. The Balaban J connectivity index is 2.69. The minimum absolute atomic E-state index is 0.00471. The summed E-state index contributed by atoms with van der Waals surface area (Å²) in [5.74, 6) is -0.855. The van der Waals surface area contributed by atoms with E-state index in [0.717, 1.165) is 5.69 Å². The van der Waals surface area contributed by atoms with E-state index in [-0.39, 0.29) is 12.5 Å². The van der Waals surface area contributed by atoms with Crippen LogP contribution in [-0.4, -0.2) is 30.7 Å². The maximum atomic E-state index is 10.5. The van der Waals surface area contributed by atoms with E-state index < -0.39 is 5.97 Å². The monoisotopic (exact) mass is 236 g/mol. The molecular formula is C13H20N2O2. The van der Waals surface area contributed by atoms with Gasteiger partial charge in [-0.15, -0.1) is 0 Å². The van der Waals surface area contributed by atoms with Gasteiger partial charge in [0.05, 0.1) is 6.42 Å². The Morgan fingerprint density at radius 3 is 2.65 bits per heavy atom. The number of aliphatic carboxylic acids is 1. The second kappa shape index (κ2) is 5.68. The normalized spacial score (nSPS) is 12.2. The van der Waals surface area contributed by atoms with Crippen molar-refractivity contribution in [2.75, 3.05) is 18.5 Å². The van der Waals surface area contributed by atoms with Gasteiger partial charge in [0, 0.05) is 25.3 Å². The van der Waals surface area contributed by atoms with E-state index in [0.29, 0.717) is 6.54 Å². The van der Waals surface area contributed by atoms with Crippen LogP contribution in [0, 0.1) is 13.8 Å². The third-order valence-electron chi connectivity index (χ3n) is 2.71. The van der Waals surface area contributed by atoms with Crippen molar-refractivity contribution in [1.29, 1.82) is 0 Å². The quantitative estimate of drug-likeness (QED) is 0.814. The minimum Gasteiger partial charge on any atom is -0.481 e. The number of hydrogen-bond donors (Lipinski definition) is 2. The van der Waals surface area contributed by atoms with Crippen LogP contribution in [0.5, 0.6) is 0 Å². The van der Waals surface area contributed by atoms with Crippen LogP contribution < -0.4 is 10.6 Å². The molecule has 0 radical (unpaired) electrons. The van der Waals surface area contributed by atoms with Gasteiger partial charge in [-0.2, -0.15) is 0 Å². The largest absolute Gasteiger partial charge is 0.481 e. The molecule has 0 aromatic heterocycles. The van der Waals surface area contributed by atoms with Crippen molar-refractivity contribution in [3.8, 4) is 0 Å². The molecule has 1 aromatic rings. The van der Waals surface area contributed by atoms with Gasteiger partial charge in [0.2, 0.25) is 0 Å². The summed E-state index contributed by atoms with van der Waals surface area (Å²) >= 11 is 0. The van der Waals surface area contributed by atoms with E-state index in [1.54, 1.807) is 0 Å². The number of likely N-dealkylation sites (N-methyl/N-ethyl adjacent to an activating group) is 1. The molecule has 0 aliphatic heterocycles. The number of carboxylic acid groups (broad SMARTS) is 1. The van der Waals surface area contributed by atoms with Crippen LogP contribution in [0.15, 0.2) is 18.2 Å². The van der Waals surface area contributed by atoms with E-state index in [9.17, 15) is 4.79 Å². The van der Waals surface area contributed by atoms with Crippen LogP contribution in [0.2, 0.25) is 0 Å². The van der Waals surface area contributed by atoms with Crippen molar-refractivity contribution in [3.05, 3.63) is 29.3 Å². The molecule has 1 unspecified atom stereocenters. The van der Waals surface area contributed by atoms with Crippen molar-refractivity contribution in [2.45, 2.75) is 26.3 Å². The van der Waals surface area contributed by atoms with Gasteiger partial charge in [-0.25, -0.2) is 0 Å². The standard InChI is InChI=1S/C13H20N2O2/c1-9-4-5-12(10(2)6-9)15(3)8-11(14)7-13(16)17/h4-6,11H,7-8,14H2,1-3H3,(H,16,17). The second-order valence-corrected chi connectivity index (χ2v) is 4.53. The molecule has 0 aliphatic rings. The molecule has 0 saturated carbocycles. The van der Waals surface area contributed by atoms with Gasteiger partial charge in [0.1, 0.15) is 0 Å². The van der Waals surface area contributed by atoms with Gasteiger partial charge in [-0.3, -0.25) is 4.79 Å². The highest BCUT2D eigenvalue weighted by Crippen LogP contribution is 2.20. The smallest absolute Gasteiger partial charge is 0.304 e. The van der Waals surface area contributed by atoms with Gasteiger partial charge in [0.25, 0.3) is 0 Å². The van der Waals surface area contributed by atoms with E-state index in [2.05, 4.69) is 6.07 Å². The summed E-state index contributed by atoms with van der Waals surface area (Å²) in [5.41, 5.74) is 9.26. The topological polar surface area (TPSA) is 66.6 Å².